The highest BCUT2D eigenvalue weighted by Crippen LogP contribution is 2.40. The van der Waals surface area contributed by atoms with Crippen molar-refractivity contribution < 1.29 is 9.59 Å². The number of hydrogen-bond donors (Lipinski definition) is 0. The van der Waals surface area contributed by atoms with Crippen molar-refractivity contribution >= 4 is 76.2 Å². The molecule has 1 aliphatic heterocycles. The molecular weight excluding hydrogens is 370 g/mol. The second kappa shape index (κ2) is 4.50. The molecule has 3 heterocycles. The Morgan fingerprint density at radius 3 is 2.52 bits per heavy atom. The summed E-state index contributed by atoms with van der Waals surface area (Å²) in [5, 5.41) is 4.40. The van der Waals surface area contributed by atoms with Crippen LogP contribution < -0.4 is 0 Å². The fraction of sp³-hybridized carbons (Fsp3) is 0.0667. The number of likely N-dealkylation sites (N-methyl/N-ethyl adjacent to an activating group) is 1. The molecule has 3 aromatic rings. The van der Waals surface area contributed by atoms with E-state index in [0.717, 1.165) is 19.9 Å². The van der Waals surface area contributed by atoms with E-state index in [1.54, 1.807) is 22.7 Å². The maximum Gasteiger partial charge on any atom is 0.268 e. The van der Waals surface area contributed by atoms with E-state index in [-0.39, 0.29) is 11.8 Å². The van der Waals surface area contributed by atoms with Crippen LogP contribution in [0.4, 0.5) is 0 Å². The molecule has 2 aromatic heterocycles. The SMILES string of the molecule is CN1C(=O)C(Br)=C(c2cc3c(ccc4sccc43)s2)C1=O. The van der Waals surface area contributed by atoms with Gasteiger partial charge in [-0.1, -0.05) is 0 Å². The summed E-state index contributed by atoms with van der Waals surface area (Å²) in [5.74, 6) is -0.534. The van der Waals surface area contributed by atoms with Gasteiger partial charge in [0.05, 0.1) is 10.1 Å². The maximum absolute atomic E-state index is 12.2. The largest absolute Gasteiger partial charge is 0.277 e. The predicted octanol–water partition coefficient (Wildman–Crippen LogP) is 4.22. The summed E-state index contributed by atoms with van der Waals surface area (Å²) in [6.45, 7) is 0. The monoisotopic (exact) mass is 377 g/mol. The van der Waals surface area contributed by atoms with Gasteiger partial charge in [0.1, 0.15) is 0 Å². The molecule has 0 radical (unpaired) electrons. The molecule has 0 aliphatic carbocycles. The van der Waals surface area contributed by atoms with Gasteiger partial charge in [0.15, 0.2) is 0 Å². The summed E-state index contributed by atoms with van der Waals surface area (Å²) in [7, 11) is 1.50. The van der Waals surface area contributed by atoms with Crippen molar-refractivity contribution in [2.45, 2.75) is 0 Å². The summed E-state index contributed by atoms with van der Waals surface area (Å²) in [6, 6.07) is 8.27. The highest BCUT2D eigenvalue weighted by Gasteiger charge is 2.36. The fourth-order valence-electron chi connectivity index (χ4n) is 2.51. The van der Waals surface area contributed by atoms with E-state index in [1.807, 2.05) is 6.07 Å². The van der Waals surface area contributed by atoms with Crippen LogP contribution in [0.25, 0.3) is 25.7 Å². The molecule has 0 fully saturated rings. The summed E-state index contributed by atoms with van der Waals surface area (Å²) in [6.07, 6.45) is 0. The van der Waals surface area contributed by atoms with Gasteiger partial charge >= 0.3 is 0 Å². The first-order valence-corrected chi connectivity index (χ1v) is 8.69. The number of hydrogen-bond acceptors (Lipinski definition) is 4. The van der Waals surface area contributed by atoms with Gasteiger partial charge in [0, 0.05) is 32.1 Å². The summed E-state index contributed by atoms with van der Waals surface area (Å²) >= 11 is 6.50. The lowest BCUT2D eigenvalue weighted by atomic mass is 10.1. The number of amides is 2. The number of benzene rings is 1. The molecule has 0 spiro atoms. The topological polar surface area (TPSA) is 37.4 Å². The molecule has 2 amide bonds. The number of carbonyl (C=O) groups excluding carboxylic acids is 2. The van der Waals surface area contributed by atoms with E-state index in [2.05, 4.69) is 39.5 Å². The molecule has 0 saturated carbocycles. The van der Waals surface area contributed by atoms with Crippen LogP contribution in [0.15, 0.2) is 34.1 Å². The van der Waals surface area contributed by atoms with Crippen molar-refractivity contribution in [1.82, 2.24) is 4.90 Å². The number of halogens is 1. The quantitative estimate of drug-likeness (QED) is 0.595. The third-order valence-corrected chi connectivity index (χ3v) is 6.34. The lowest BCUT2D eigenvalue weighted by Gasteiger charge is -2.04. The van der Waals surface area contributed by atoms with Crippen molar-refractivity contribution in [2.24, 2.45) is 0 Å². The van der Waals surface area contributed by atoms with Gasteiger partial charge in [-0.15, -0.1) is 22.7 Å². The summed E-state index contributed by atoms with van der Waals surface area (Å²) < 4.78 is 2.70. The average Bonchev–Trinajstić information content (AvgIpc) is 3.13. The first-order chi connectivity index (χ1) is 10.1. The first kappa shape index (κ1) is 13.2. The zero-order chi connectivity index (χ0) is 14.7. The Balaban J connectivity index is 2.00. The summed E-state index contributed by atoms with van der Waals surface area (Å²) in [5.41, 5.74) is 0.465. The molecule has 1 aromatic carbocycles. The van der Waals surface area contributed by atoms with Crippen molar-refractivity contribution in [2.75, 3.05) is 7.05 Å². The fourth-order valence-corrected chi connectivity index (χ4v) is 5.21. The number of fused-ring (bicyclic) bond motifs is 3. The van der Waals surface area contributed by atoms with Gasteiger partial charge in [-0.2, -0.15) is 0 Å². The normalized spacial score (nSPS) is 16.0. The van der Waals surface area contributed by atoms with Crippen LogP contribution in [-0.2, 0) is 9.59 Å². The Kier molecular flexibility index (Phi) is 2.82. The van der Waals surface area contributed by atoms with Crippen molar-refractivity contribution in [3.63, 3.8) is 0 Å². The molecule has 21 heavy (non-hydrogen) atoms. The molecule has 0 unspecified atom stereocenters. The third kappa shape index (κ3) is 1.76. The Labute approximate surface area is 136 Å². The van der Waals surface area contributed by atoms with Crippen molar-refractivity contribution in [3.8, 4) is 0 Å². The highest BCUT2D eigenvalue weighted by molar-refractivity contribution is 9.12. The third-order valence-electron chi connectivity index (χ3n) is 3.61. The van der Waals surface area contributed by atoms with Gasteiger partial charge < -0.3 is 0 Å². The van der Waals surface area contributed by atoms with Gasteiger partial charge in [-0.25, -0.2) is 0 Å². The van der Waals surface area contributed by atoms with E-state index in [1.165, 1.54) is 17.1 Å². The minimum Gasteiger partial charge on any atom is -0.277 e. The minimum atomic E-state index is -0.284. The van der Waals surface area contributed by atoms with Crippen LogP contribution in [-0.4, -0.2) is 23.8 Å². The van der Waals surface area contributed by atoms with Crippen LogP contribution in [0.3, 0.4) is 0 Å². The Morgan fingerprint density at radius 2 is 1.81 bits per heavy atom. The second-order valence-corrected chi connectivity index (χ2v) is 7.60. The highest BCUT2D eigenvalue weighted by atomic mass is 79.9. The molecule has 1 aliphatic rings. The zero-order valence-electron chi connectivity index (χ0n) is 10.8. The van der Waals surface area contributed by atoms with E-state index in [0.29, 0.717) is 10.1 Å². The van der Waals surface area contributed by atoms with Gasteiger partial charge in [0.25, 0.3) is 11.8 Å². The van der Waals surface area contributed by atoms with Crippen LogP contribution in [0, 0.1) is 0 Å². The molecule has 104 valence electrons. The summed E-state index contributed by atoms with van der Waals surface area (Å²) in [4.78, 5) is 26.1. The number of imide groups is 1. The van der Waals surface area contributed by atoms with Gasteiger partial charge in [-0.3, -0.25) is 14.5 Å². The molecule has 0 saturated heterocycles. The van der Waals surface area contributed by atoms with Crippen LogP contribution in [0.1, 0.15) is 4.88 Å². The zero-order valence-corrected chi connectivity index (χ0v) is 14.1. The standard InChI is InChI=1S/C15H8BrNO2S2/c1-17-14(18)12(13(16)15(17)19)11-6-8-7-4-5-20-9(7)2-3-10(8)21-11/h2-6H,1H3. The molecule has 0 bridgehead atoms. The average molecular weight is 378 g/mol. The van der Waals surface area contributed by atoms with Crippen molar-refractivity contribution in [1.29, 1.82) is 0 Å². The Hall–Kier alpha value is -1.50. The molecule has 4 rings (SSSR count). The molecule has 0 N–H and O–H groups in total. The lowest BCUT2D eigenvalue weighted by Crippen LogP contribution is -2.26. The predicted molar refractivity (Wildman–Crippen MR) is 90.8 cm³/mol. The van der Waals surface area contributed by atoms with E-state index >= 15 is 0 Å². The Morgan fingerprint density at radius 1 is 1.05 bits per heavy atom. The number of thiophene rings is 2. The second-order valence-electron chi connectivity index (χ2n) is 4.78. The van der Waals surface area contributed by atoms with E-state index < -0.39 is 0 Å². The Bertz CT molecular complexity index is 967. The van der Waals surface area contributed by atoms with Crippen LogP contribution in [0.5, 0.6) is 0 Å². The number of carbonyl (C=O) groups is 2. The van der Waals surface area contributed by atoms with E-state index in [9.17, 15) is 9.59 Å². The number of nitrogens with zero attached hydrogens (tertiary/aromatic N) is 1. The minimum absolute atomic E-state index is 0.250. The maximum atomic E-state index is 12.2. The molecule has 3 nitrogen and oxygen atoms in total. The van der Waals surface area contributed by atoms with Gasteiger partial charge in [-0.05, 0) is 45.6 Å². The first-order valence-electron chi connectivity index (χ1n) is 6.20. The molecule has 6 heteroatoms. The van der Waals surface area contributed by atoms with E-state index in [4.69, 9.17) is 0 Å². The van der Waals surface area contributed by atoms with Gasteiger partial charge in [0.2, 0.25) is 0 Å². The lowest BCUT2D eigenvalue weighted by molar-refractivity contribution is -0.134. The van der Waals surface area contributed by atoms with Crippen molar-refractivity contribution in [3.05, 3.63) is 39.0 Å². The smallest absolute Gasteiger partial charge is 0.268 e. The van der Waals surface area contributed by atoms with Crippen LogP contribution >= 0.6 is 38.6 Å². The number of rotatable bonds is 1. The molecule has 0 atom stereocenters. The van der Waals surface area contributed by atoms with Crippen LogP contribution in [0.2, 0.25) is 0 Å². The molecular formula is C15H8BrNO2S2.